The third kappa shape index (κ3) is 2.72. The lowest BCUT2D eigenvalue weighted by Gasteiger charge is -2.14. The van der Waals surface area contributed by atoms with Crippen molar-refractivity contribution in [1.29, 1.82) is 0 Å². The summed E-state index contributed by atoms with van der Waals surface area (Å²) in [6, 6.07) is 1.60. The molecule has 7 heteroatoms. The smallest absolute Gasteiger partial charge is 0.373 e. The van der Waals surface area contributed by atoms with Crippen LogP contribution >= 0.6 is 0 Å². The molecule has 0 saturated carbocycles. The van der Waals surface area contributed by atoms with Gasteiger partial charge in [-0.05, 0) is 0 Å². The molecule has 0 aliphatic carbocycles. The molecule has 2 aromatic heterocycles. The Morgan fingerprint density at radius 1 is 1.45 bits per heavy atom. The van der Waals surface area contributed by atoms with Crippen LogP contribution in [0.15, 0.2) is 15.0 Å². The zero-order valence-corrected chi connectivity index (χ0v) is 11.8. The van der Waals surface area contributed by atoms with E-state index in [-0.39, 0.29) is 18.3 Å². The number of ether oxygens (including phenoxy) is 1. The van der Waals surface area contributed by atoms with Gasteiger partial charge in [-0.1, -0.05) is 25.9 Å². The van der Waals surface area contributed by atoms with Crippen molar-refractivity contribution in [3.8, 4) is 11.6 Å². The Balaban J connectivity index is 2.44. The predicted octanol–water partition coefficient (Wildman–Crippen LogP) is 2.47. The minimum absolute atomic E-state index is 0.124. The molecule has 1 N–H and O–H groups in total. The largest absolute Gasteiger partial charge is 0.475 e. The minimum Gasteiger partial charge on any atom is -0.475 e. The first kappa shape index (κ1) is 14.3. The number of hydrogen-bond donors (Lipinski definition) is 1. The Hall–Kier alpha value is -2.15. The molecule has 0 amide bonds. The second-order valence-electron chi connectivity index (χ2n) is 5.36. The van der Waals surface area contributed by atoms with Crippen LogP contribution in [0.1, 0.15) is 42.8 Å². The Labute approximate surface area is 115 Å². The lowest BCUT2D eigenvalue weighted by atomic mass is 9.91. The molecule has 0 fully saturated rings. The van der Waals surface area contributed by atoms with Crippen LogP contribution < -0.4 is 0 Å². The van der Waals surface area contributed by atoms with E-state index in [0.717, 1.165) is 0 Å². The molecule has 2 heterocycles. The van der Waals surface area contributed by atoms with E-state index >= 15 is 0 Å². The summed E-state index contributed by atoms with van der Waals surface area (Å²) in [5, 5.41) is 13.0. The van der Waals surface area contributed by atoms with Crippen molar-refractivity contribution < 1.29 is 23.6 Å². The van der Waals surface area contributed by atoms with E-state index in [0.29, 0.717) is 17.1 Å². The second-order valence-corrected chi connectivity index (χ2v) is 5.36. The molecule has 0 aliphatic rings. The molecule has 2 rings (SSSR count). The van der Waals surface area contributed by atoms with E-state index in [1.54, 1.807) is 6.07 Å². The summed E-state index contributed by atoms with van der Waals surface area (Å²) in [5.74, 6) is -0.702. The fourth-order valence-electron chi connectivity index (χ4n) is 1.71. The van der Waals surface area contributed by atoms with Crippen LogP contribution in [0.2, 0.25) is 0 Å². The topological polar surface area (TPSA) is 98.6 Å². The maximum absolute atomic E-state index is 11.2. The van der Waals surface area contributed by atoms with Crippen LogP contribution in [0.4, 0.5) is 0 Å². The predicted molar refractivity (Wildman–Crippen MR) is 68.4 cm³/mol. The van der Waals surface area contributed by atoms with Gasteiger partial charge in [-0.2, -0.15) is 0 Å². The standard InChI is InChI=1S/C13H16N2O5/c1-13(2,3)10-9(12(16)17)19-11(14-10)8-5-7(6-18-4)20-15-8/h5H,6H2,1-4H3,(H,16,17). The first-order valence-electron chi connectivity index (χ1n) is 6.02. The van der Waals surface area contributed by atoms with E-state index in [4.69, 9.17) is 13.7 Å². The summed E-state index contributed by atoms with van der Waals surface area (Å²) in [5.41, 5.74) is 0.264. The number of aromatic carboxylic acids is 1. The van der Waals surface area contributed by atoms with Gasteiger partial charge in [0.25, 0.3) is 0 Å². The van der Waals surface area contributed by atoms with Crippen molar-refractivity contribution in [2.24, 2.45) is 0 Å². The van der Waals surface area contributed by atoms with E-state index in [9.17, 15) is 9.90 Å². The molecule has 0 aliphatic heterocycles. The number of methoxy groups -OCH3 is 1. The van der Waals surface area contributed by atoms with Gasteiger partial charge in [-0.25, -0.2) is 9.78 Å². The number of carbonyl (C=O) groups is 1. The van der Waals surface area contributed by atoms with E-state index in [1.807, 2.05) is 20.8 Å². The molecule has 0 saturated heterocycles. The van der Waals surface area contributed by atoms with Crippen LogP contribution in [0, 0.1) is 0 Å². The molecule has 108 valence electrons. The van der Waals surface area contributed by atoms with E-state index in [2.05, 4.69) is 10.1 Å². The fourth-order valence-corrected chi connectivity index (χ4v) is 1.71. The third-order valence-corrected chi connectivity index (χ3v) is 2.60. The van der Waals surface area contributed by atoms with Crippen molar-refractivity contribution in [2.45, 2.75) is 32.8 Å². The van der Waals surface area contributed by atoms with Gasteiger partial charge in [0.15, 0.2) is 11.5 Å². The Morgan fingerprint density at radius 2 is 2.15 bits per heavy atom. The summed E-state index contributed by atoms with van der Waals surface area (Å²) in [7, 11) is 1.54. The molecule has 0 radical (unpaired) electrons. The van der Waals surface area contributed by atoms with Crippen molar-refractivity contribution in [3.63, 3.8) is 0 Å². The van der Waals surface area contributed by atoms with Gasteiger partial charge >= 0.3 is 5.97 Å². The maximum Gasteiger partial charge on any atom is 0.373 e. The summed E-state index contributed by atoms with van der Waals surface area (Å²) in [4.78, 5) is 15.5. The number of hydrogen-bond acceptors (Lipinski definition) is 6. The molecule has 0 atom stereocenters. The van der Waals surface area contributed by atoms with Gasteiger partial charge in [0.2, 0.25) is 11.7 Å². The summed E-state index contributed by atoms with van der Waals surface area (Å²) >= 11 is 0. The molecular weight excluding hydrogens is 264 g/mol. The highest BCUT2D eigenvalue weighted by Gasteiger charge is 2.30. The molecular formula is C13H16N2O5. The summed E-state index contributed by atoms with van der Waals surface area (Å²) in [6.07, 6.45) is 0. The average molecular weight is 280 g/mol. The fraction of sp³-hybridized carbons (Fsp3) is 0.462. The molecule has 0 spiro atoms. The molecule has 0 unspecified atom stereocenters. The summed E-state index contributed by atoms with van der Waals surface area (Å²) in [6.45, 7) is 5.85. The van der Waals surface area contributed by atoms with Gasteiger partial charge in [0.05, 0.1) is 0 Å². The van der Waals surface area contributed by atoms with Crippen molar-refractivity contribution in [3.05, 3.63) is 23.3 Å². The van der Waals surface area contributed by atoms with Gasteiger partial charge in [0, 0.05) is 18.6 Å². The number of carboxylic acids is 1. The Kier molecular flexibility index (Phi) is 3.63. The SMILES string of the molecule is COCc1cc(-c2nc(C(C)(C)C)c(C(=O)O)o2)no1. The van der Waals surface area contributed by atoms with Gasteiger partial charge in [-0.3, -0.25) is 0 Å². The normalized spacial score (nSPS) is 11.8. The number of nitrogens with zero attached hydrogens (tertiary/aromatic N) is 2. The van der Waals surface area contributed by atoms with Crippen LogP contribution in [-0.2, 0) is 16.8 Å². The van der Waals surface area contributed by atoms with Crippen LogP contribution in [0.5, 0.6) is 0 Å². The molecule has 0 bridgehead atoms. The van der Waals surface area contributed by atoms with E-state index in [1.165, 1.54) is 7.11 Å². The second kappa shape index (κ2) is 5.09. The quantitative estimate of drug-likeness (QED) is 0.918. The molecule has 20 heavy (non-hydrogen) atoms. The molecule has 2 aromatic rings. The number of carboxylic acid groups (broad SMARTS) is 1. The van der Waals surface area contributed by atoms with Crippen molar-refractivity contribution >= 4 is 5.97 Å². The van der Waals surface area contributed by atoms with Crippen LogP contribution in [-0.4, -0.2) is 28.3 Å². The Morgan fingerprint density at radius 3 is 2.65 bits per heavy atom. The third-order valence-electron chi connectivity index (χ3n) is 2.60. The average Bonchev–Trinajstić information content (AvgIpc) is 2.93. The van der Waals surface area contributed by atoms with Crippen molar-refractivity contribution in [2.75, 3.05) is 7.11 Å². The highest BCUT2D eigenvalue weighted by atomic mass is 16.5. The lowest BCUT2D eigenvalue weighted by molar-refractivity contribution is 0.0659. The first-order valence-corrected chi connectivity index (χ1v) is 6.02. The van der Waals surface area contributed by atoms with Gasteiger partial charge in [0.1, 0.15) is 12.3 Å². The molecule has 0 aromatic carbocycles. The maximum atomic E-state index is 11.2. The van der Waals surface area contributed by atoms with Crippen LogP contribution in [0.25, 0.3) is 11.6 Å². The highest BCUT2D eigenvalue weighted by Crippen LogP contribution is 2.30. The van der Waals surface area contributed by atoms with Crippen LogP contribution in [0.3, 0.4) is 0 Å². The van der Waals surface area contributed by atoms with E-state index < -0.39 is 11.4 Å². The number of aromatic nitrogens is 2. The summed E-state index contributed by atoms with van der Waals surface area (Å²) < 4.78 is 15.3. The minimum atomic E-state index is -1.16. The number of rotatable bonds is 4. The van der Waals surface area contributed by atoms with Gasteiger partial charge < -0.3 is 18.8 Å². The first-order chi connectivity index (χ1) is 9.32. The monoisotopic (exact) mass is 280 g/mol. The lowest BCUT2D eigenvalue weighted by Crippen LogP contribution is -2.16. The zero-order chi connectivity index (χ0) is 14.9. The van der Waals surface area contributed by atoms with Gasteiger partial charge in [-0.15, -0.1) is 0 Å². The van der Waals surface area contributed by atoms with Crippen molar-refractivity contribution in [1.82, 2.24) is 10.1 Å². The highest BCUT2D eigenvalue weighted by molar-refractivity contribution is 5.86. The Bertz CT molecular complexity index is 621. The molecule has 7 nitrogen and oxygen atoms in total. The zero-order valence-electron chi connectivity index (χ0n) is 11.8. The number of oxazole rings is 1.